The number of amidine groups is 1. The van der Waals surface area contributed by atoms with E-state index >= 15 is 0 Å². The molecule has 92 valence electrons. The molecule has 0 atom stereocenters. The second-order valence-corrected chi connectivity index (χ2v) is 4.03. The smallest absolute Gasteiger partial charge is 0.253 e. The first-order valence-corrected chi connectivity index (χ1v) is 5.70. The number of hydrogen-bond acceptors (Lipinski definition) is 2. The second kappa shape index (κ2) is 5.92. The van der Waals surface area contributed by atoms with Crippen LogP contribution in [0.4, 0.5) is 8.78 Å². The summed E-state index contributed by atoms with van der Waals surface area (Å²) in [6, 6.07) is 0. The maximum Gasteiger partial charge on any atom is 0.253 e. The van der Waals surface area contributed by atoms with Crippen LogP contribution < -0.4 is 5.32 Å². The van der Waals surface area contributed by atoms with Crippen LogP contribution >= 0.6 is 0 Å². The molecule has 0 saturated heterocycles. The van der Waals surface area contributed by atoms with Crippen molar-refractivity contribution in [1.82, 2.24) is 5.32 Å². The molecule has 5 heteroatoms. The maximum absolute atomic E-state index is 12.4. The van der Waals surface area contributed by atoms with Gasteiger partial charge >= 0.3 is 0 Å². The van der Waals surface area contributed by atoms with E-state index in [0.29, 0.717) is 12.3 Å². The summed E-state index contributed by atoms with van der Waals surface area (Å²) in [6.45, 7) is 0.726. The first-order chi connectivity index (χ1) is 7.68. The molecule has 1 amide bonds. The molecule has 0 aromatic rings. The molecule has 0 aromatic heterocycles. The van der Waals surface area contributed by atoms with Crippen LogP contribution in [-0.2, 0) is 4.79 Å². The highest BCUT2D eigenvalue weighted by Gasteiger charge is 2.42. The average Bonchev–Trinajstić information content (AvgIpc) is 2.54. The number of hydrogen-bond donors (Lipinski definition) is 1. The highest BCUT2D eigenvalue weighted by molar-refractivity contribution is 6.08. The lowest BCUT2D eigenvalue weighted by Gasteiger charge is -2.19. The van der Waals surface area contributed by atoms with Crippen LogP contribution in [0.2, 0.25) is 0 Å². The molecule has 0 radical (unpaired) electrons. The lowest BCUT2D eigenvalue weighted by atomic mass is 9.93. The number of halogens is 2. The average molecular weight is 232 g/mol. The fourth-order valence-electron chi connectivity index (χ4n) is 1.82. The van der Waals surface area contributed by atoms with Gasteiger partial charge in [0.2, 0.25) is 0 Å². The number of unbranched alkanes of at least 4 members (excludes halogenated alkanes) is 1. The standard InChI is InChI=1S/C11H18F2N2O/c1-2-3-4-9-14-10(16)11(15-9,5-7-12)6-8-13/h2-8H2,1H3,(H,14,15,16). The highest BCUT2D eigenvalue weighted by atomic mass is 19.1. The summed E-state index contributed by atoms with van der Waals surface area (Å²) in [7, 11) is 0. The Labute approximate surface area is 94.3 Å². The predicted octanol–water partition coefficient (Wildman–Crippen LogP) is 2.16. The molecule has 3 nitrogen and oxygen atoms in total. The molecule has 1 aliphatic heterocycles. The number of aliphatic imine (C=N–C) groups is 1. The molecule has 0 aliphatic carbocycles. The number of nitrogens with one attached hydrogen (secondary N) is 1. The minimum atomic E-state index is -1.19. The first-order valence-electron chi connectivity index (χ1n) is 5.70. The van der Waals surface area contributed by atoms with Crippen LogP contribution in [0.1, 0.15) is 39.0 Å². The van der Waals surface area contributed by atoms with Gasteiger partial charge in [-0.05, 0) is 6.42 Å². The quantitative estimate of drug-likeness (QED) is 0.718. The number of carbonyl (C=O) groups excluding carboxylic acids is 1. The number of nitrogens with zero attached hydrogens (tertiary/aromatic N) is 1. The van der Waals surface area contributed by atoms with E-state index in [-0.39, 0.29) is 18.7 Å². The monoisotopic (exact) mass is 232 g/mol. The summed E-state index contributed by atoms with van der Waals surface area (Å²) >= 11 is 0. The summed E-state index contributed by atoms with van der Waals surface area (Å²) in [5, 5.41) is 2.63. The summed E-state index contributed by atoms with van der Waals surface area (Å²) in [5.74, 6) is 0.225. The van der Waals surface area contributed by atoms with Crippen molar-refractivity contribution in [3.8, 4) is 0 Å². The molecular formula is C11H18F2N2O. The van der Waals surface area contributed by atoms with Crippen molar-refractivity contribution in [2.75, 3.05) is 13.3 Å². The molecule has 0 unspecified atom stereocenters. The van der Waals surface area contributed by atoms with Gasteiger partial charge in [-0.3, -0.25) is 18.6 Å². The molecule has 1 aliphatic rings. The largest absolute Gasteiger partial charge is 0.312 e. The van der Waals surface area contributed by atoms with E-state index in [4.69, 9.17) is 0 Å². The molecule has 1 heterocycles. The SMILES string of the molecule is CCCCC1=NC(CCF)(CCF)C(=O)N1. The Bertz CT molecular complexity index is 273. The predicted molar refractivity (Wildman–Crippen MR) is 59.0 cm³/mol. The van der Waals surface area contributed by atoms with E-state index in [9.17, 15) is 13.6 Å². The Balaban J connectivity index is 2.74. The van der Waals surface area contributed by atoms with Crippen LogP contribution in [0.25, 0.3) is 0 Å². The maximum atomic E-state index is 12.4. The summed E-state index contributed by atoms with van der Waals surface area (Å²) in [6.07, 6.45) is 2.52. The Hall–Kier alpha value is -1.00. The van der Waals surface area contributed by atoms with Crippen LogP contribution in [-0.4, -0.2) is 30.6 Å². The topological polar surface area (TPSA) is 41.5 Å². The first kappa shape index (κ1) is 13.1. The van der Waals surface area contributed by atoms with Crippen molar-refractivity contribution in [3.05, 3.63) is 0 Å². The number of carbonyl (C=O) groups is 1. The molecule has 16 heavy (non-hydrogen) atoms. The molecule has 0 fully saturated rings. The van der Waals surface area contributed by atoms with Crippen molar-refractivity contribution in [3.63, 3.8) is 0 Å². The molecule has 1 N–H and O–H groups in total. The molecule has 0 bridgehead atoms. The Kier molecular flexibility index (Phi) is 4.83. The van der Waals surface area contributed by atoms with Gasteiger partial charge in [0.05, 0.1) is 13.3 Å². The van der Waals surface area contributed by atoms with Gasteiger partial charge in [-0.1, -0.05) is 13.3 Å². The van der Waals surface area contributed by atoms with E-state index in [0.717, 1.165) is 12.8 Å². The second-order valence-electron chi connectivity index (χ2n) is 4.03. The van der Waals surface area contributed by atoms with E-state index < -0.39 is 18.9 Å². The van der Waals surface area contributed by atoms with E-state index in [2.05, 4.69) is 10.3 Å². The van der Waals surface area contributed by atoms with Gasteiger partial charge in [-0.25, -0.2) is 0 Å². The van der Waals surface area contributed by atoms with E-state index in [1.54, 1.807) is 0 Å². The van der Waals surface area contributed by atoms with Crippen LogP contribution in [0.3, 0.4) is 0 Å². The minimum Gasteiger partial charge on any atom is -0.312 e. The lowest BCUT2D eigenvalue weighted by Crippen LogP contribution is -2.40. The zero-order valence-electron chi connectivity index (χ0n) is 9.56. The third kappa shape index (κ3) is 2.77. The van der Waals surface area contributed by atoms with E-state index in [1.807, 2.05) is 6.92 Å². The van der Waals surface area contributed by atoms with Crippen LogP contribution in [0.15, 0.2) is 4.99 Å². The lowest BCUT2D eigenvalue weighted by molar-refractivity contribution is -0.124. The van der Waals surface area contributed by atoms with Gasteiger partial charge in [-0.2, -0.15) is 0 Å². The summed E-state index contributed by atoms with van der Waals surface area (Å²) < 4.78 is 24.8. The van der Waals surface area contributed by atoms with Gasteiger partial charge in [0.25, 0.3) is 5.91 Å². The van der Waals surface area contributed by atoms with Crippen LogP contribution in [0.5, 0.6) is 0 Å². The minimum absolute atomic E-state index is 0.0294. The molecular weight excluding hydrogens is 214 g/mol. The van der Waals surface area contributed by atoms with Gasteiger partial charge in [-0.15, -0.1) is 0 Å². The van der Waals surface area contributed by atoms with Crippen LogP contribution in [0, 0.1) is 0 Å². The molecule has 1 rings (SSSR count). The Morgan fingerprint density at radius 3 is 2.44 bits per heavy atom. The fraction of sp³-hybridized carbons (Fsp3) is 0.818. The number of alkyl halides is 2. The molecule has 0 saturated carbocycles. The Morgan fingerprint density at radius 2 is 1.94 bits per heavy atom. The van der Waals surface area contributed by atoms with Crippen molar-refractivity contribution < 1.29 is 13.6 Å². The zero-order valence-corrected chi connectivity index (χ0v) is 9.56. The van der Waals surface area contributed by atoms with Crippen molar-refractivity contribution >= 4 is 11.7 Å². The summed E-state index contributed by atoms with van der Waals surface area (Å²) in [4.78, 5) is 15.9. The third-order valence-corrected chi connectivity index (χ3v) is 2.81. The zero-order chi connectivity index (χ0) is 12.0. The van der Waals surface area contributed by atoms with Crippen molar-refractivity contribution in [2.24, 2.45) is 4.99 Å². The van der Waals surface area contributed by atoms with Gasteiger partial charge in [0.15, 0.2) is 0 Å². The fourth-order valence-corrected chi connectivity index (χ4v) is 1.82. The van der Waals surface area contributed by atoms with Crippen molar-refractivity contribution in [1.29, 1.82) is 0 Å². The number of rotatable bonds is 7. The van der Waals surface area contributed by atoms with Gasteiger partial charge in [0, 0.05) is 19.3 Å². The van der Waals surface area contributed by atoms with E-state index in [1.165, 1.54) is 0 Å². The van der Waals surface area contributed by atoms with Gasteiger partial charge in [0.1, 0.15) is 11.4 Å². The third-order valence-electron chi connectivity index (χ3n) is 2.81. The normalized spacial score (nSPS) is 18.4. The Morgan fingerprint density at radius 1 is 1.31 bits per heavy atom. The highest BCUT2D eigenvalue weighted by Crippen LogP contribution is 2.26. The van der Waals surface area contributed by atoms with Gasteiger partial charge < -0.3 is 5.32 Å². The van der Waals surface area contributed by atoms with Crippen molar-refractivity contribution in [2.45, 2.75) is 44.6 Å². The summed E-state index contributed by atoms with van der Waals surface area (Å²) in [5.41, 5.74) is -1.19. The molecule has 0 spiro atoms. The molecule has 0 aromatic carbocycles. The number of amides is 1.